The summed E-state index contributed by atoms with van der Waals surface area (Å²) in [6.45, 7) is 5.56. The van der Waals surface area contributed by atoms with Crippen LogP contribution in [0.2, 0.25) is 0 Å². The van der Waals surface area contributed by atoms with Gasteiger partial charge in [0.05, 0.1) is 19.3 Å². The molecule has 0 radical (unpaired) electrons. The fourth-order valence-corrected chi connectivity index (χ4v) is 3.24. The van der Waals surface area contributed by atoms with Crippen molar-refractivity contribution in [2.45, 2.75) is 38.5 Å². The molecule has 2 saturated heterocycles. The fraction of sp³-hybridized carbons (Fsp3) is 0.611. The molecule has 2 atom stereocenters. The van der Waals surface area contributed by atoms with E-state index in [0.717, 1.165) is 31.6 Å². The molecule has 2 heterocycles. The van der Waals surface area contributed by atoms with Gasteiger partial charge in [-0.3, -0.25) is 0 Å². The Balaban J connectivity index is 1.69. The molecule has 1 aromatic carbocycles. The van der Waals surface area contributed by atoms with Gasteiger partial charge in [0.2, 0.25) is 0 Å². The molecule has 0 aromatic heterocycles. The van der Waals surface area contributed by atoms with Crippen molar-refractivity contribution in [3.05, 3.63) is 35.4 Å². The van der Waals surface area contributed by atoms with Crippen LogP contribution in [0.4, 0.5) is 8.78 Å². The molecule has 2 aliphatic rings. The van der Waals surface area contributed by atoms with Crippen molar-refractivity contribution in [2.24, 2.45) is 4.99 Å². The maximum atomic E-state index is 13.8. The van der Waals surface area contributed by atoms with Crippen molar-refractivity contribution < 1.29 is 18.3 Å². The van der Waals surface area contributed by atoms with E-state index in [9.17, 15) is 8.78 Å². The number of nitrogens with zero attached hydrogens (tertiary/aromatic N) is 2. The molecular weight excluding hydrogens is 328 g/mol. The molecule has 1 N–H and O–H groups in total. The highest BCUT2D eigenvalue weighted by Gasteiger charge is 2.32. The van der Waals surface area contributed by atoms with Crippen molar-refractivity contribution in [1.82, 2.24) is 10.2 Å². The number of hydrogen-bond acceptors (Lipinski definition) is 3. The van der Waals surface area contributed by atoms with Crippen molar-refractivity contribution in [3.8, 4) is 0 Å². The molecule has 138 valence electrons. The van der Waals surface area contributed by atoms with Crippen LogP contribution in [0.15, 0.2) is 23.2 Å². The lowest BCUT2D eigenvalue weighted by molar-refractivity contribution is -0.0817. The number of hydrogen-bond donors (Lipinski definition) is 1. The maximum Gasteiger partial charge on any atom is 0.194 e. The van der Waals surface area contributed by atoms with Gasteiger partial charge >= 0.3 is 0 Å². The Kier molecular flexibility index (Phi) is 6.20. The normalized spacial score (nSPS) is 24.6. The molecule has 1 aromatic rings. The van der Waals surface area contributed by atoms with E-state index in [0.29, 0.717) is 32.2 Å². The Morgan fingerprint density at radius 3 is 2.88 bits per heavy atom. The highest BCUT2D eigenvalue weighted by molar-refractivity contribution is 5.80. The minimum absolute atomic E-state index is 0.0195. The molecule has 0 spiro atoms. The highest BCUT2D eigenvalue weighted by atomic mass is 19.1. The average molecular weight is 353 g/mol. The molecule has 5 nitrogen and oxygen atoms in total. The lowest BCUT2D eigenvalue weighted by Gasteiger charge is -2.37. The quantitative estimate of drug-likeness (QED) is 0.667. The summed E-state index contributed by atoms with van der Waals surface area (Å²) in [4.78, 5) is 6.61. The van der Waals surface area contributed by atoms with Crippen LogP contribution < -0.4 is 5.32 Å². The lowest BCUT2D eigenvalue weighted by Crippen LogP contribution is -2.53. The zero-order chi connectivity index (χ0) is 17.6. The zero-order valence-electron chi connectivity index (χ0n) is 14.5. The van der Waals surface area contributed by atoms with Gasteiger partial charge < -0.3 is 19.7 Å². The maximum absolute atomic E-state index is 13.8. The van der Waals surface area contributed by atoms with Gasteiger partial charge in [0.15, 0.2) is 5.96 Å². The van der Waals surface area contributed by atoms with Crippen LogP contribution in [0.3, 0.4) is 0 Å². The lowest BCUT2D eigenvalue weighted by atomic mass is 10.1. The second-order valence-electron chi connectivity index (χ2n) is 6.31. The first-order valence-electron chi connectivity index (χ1n) is 8.87. The minimum Gasteiger partial charge on any atom is -0.375 e. The number of rotatable bonds is 4. The summed E-state index contributed by atoms with van der Waals surface area (Å²) in [6.07, 6.45) is 2.23. The largest absolute Gasteiger partial charge is 0.375 e. The summed E-state index contributed by atoms with van der Waals surface area (Å²) in [5, 5.41) is 3.23. The molecule has 0 amide bonds. The third kappa shape index (κ3) is 4.67. The Morgan fingerprint density at radius 2 is 2.12 bits per heavy atom. The van der Waals surface area contributed by atoms with E-state index in [1.54, 1.807) is 0 Å². The van der Waals surface area contributed by atoms with Crippen molar-refractivity contribution in [1.29, 1.82) is 0 Å². The molecule has 2 fully saturated rings. The second-order valence-corrected chi connectivity index (χ2v) is 6.31. The number of ether oxygens (including phenoxy) is 2. The standard InChI is InChI=1S/C18H25F2N3O2/c1-2-21-18(22-11-13-10-14(19)5-6-15(13)20)23-7-9-25-17(12-23)16-4-3-8-24-16/h5-6,10,16-17H,2-4,7-9,11-12H2,1H3,(H,21,22). The minimum atomic E-state index is -0.457. The predicted molar refractivity (Wildman–Crippen MR) is 91.5 cm³/mol. The van der Waals surface area contributed by atoms with Gasteiger partial charge in [-0.15, -0.1) is 0 Å². The fourth-order valence-electron chi connectivity index (χ4n) is 3.24. The first-order valence-corrected chi connectivity index (χ1v) is 8.87. The first-order chi connectivity index (χ1) is 12.2. The summed E-state index contributed by atoms with van der Waals surface area (Å²) in [5.41, 5.74) is 0.249. The summed E-state index contributed by atoms with van der Waals surface area (Å²) >= 11 is 0. The number of morpholine rings is 1. The Hall–Kier alpha value is -1.73. The third-order valence-electron chi connectivity index (χ3n) is 4.51. The van der Waals surface area contributed by atoms with Crippen LogP contribution >= 0.6 is 0 Å². The van der Waals surface area contributed by atoms with E-state index < -0.39 is 11.6 Å². The molecule has 0 bridgehead atoms. The summed E-state index contributed by atoms with van der Waals surface area (Å²) < 4.78 is 38.7. The van der Waals surface area contributed by atoms with Crippen LogP contribution in [0.5, 0.6) is 0 Å². The SMILES string of the molecule is CCNC(=NCc1cc(F)ccc1F)N1CCOC(C2CCCO2)C1. The summed E-state index contributed by atoms with van der Waals surface area (Å²) in [7, 11) is 0. The second kappa shape index (κ2) is 8.58. The molecule has 25 heavy (non-hydrogen) atoms. The van der Waals surface area contributed by atoms with E-state index >= 15 is 0 Å². The van der Waals surface area contributed by atoms with Crippen molar-refractivity contribution >= 4 is 5.96 Å². The molecule has 0 aliphatic carbocycles. The zero-order valence-corrected chi connectivity index (χ0v) is 14.5. The molecule has 0 saturated carbocycles. The Morgan fingerprint density at radius 1 is 1.28 bits per heavy atom. The molecular formula is C18H25F2N3O2. The van der Waals surface area contributed by atoms with Crippen LogP contribution in [0.1, 0.15) is 25.3 Å². The van der Waals surface area contributed by atoms with E-state index in [1.165, 1.54) is 6.07 Å². The first kappa shape index (κ1) is 18.1. The van der Waals surface area contributed by atoms with E-state index in [2.05, 4.69) is 15.2 Å². The highest BCUT2D eigenvalue weighted by Crippen LogP contribution is 2.21. The van der Waals surface area contributed by atoms with Crippen LogP contribution in [0, 0.1) is 11.6 Å². The van der Waals surface area contributed by atoms with Gasteiger partial charge in [0.25, 0.3) is 0 Å². The Labute approximate surface area is 147 Å². The third-order valence-corrected chi connectivity index (χ3v) is 4.51. The Bertz CT molecular complexity index is 606. The molecule has 7 heteroatoms. The smallest absolute Gasteiger partial charge is 0.194 e. The van der Waals surface area contributed by atoms with Gasteiger partial charge in [0, 0.05) is 31.8 Å². The number of guanidine groups is 1. The van der Waals surface area contributed by atoms with Crippen LogP contribution in [0.25, 0.3) is 0 Å². The van der Waals surface area contributed by atoms with Gasteiger partial charge in [0.1, 0.15) is 17.7 Å². The monoisotopic (exact) mass is 353 g/mol. The average Bonchev–Trinajstić information content (AvgIpc) is 3.16. The number of halogens is 2. The predicted octanol–water partition coefficient (Wildman–Crippen LogP) is 2.31. The van der Waals surface area contributed by atoms with E-state index in [4.69, 9.17) is 9.47 Å². The number of benzene rings is 1. The number of nitrogens with one attached hydrogen (secondary N) is 1. The molecule has 2 unspecified atom stereocenters. The summed E-state index contributed by atoms with van der Waals surface area (Å²) in [5.74, 6) is -0.209. The topological polar surface area (TPSA) is 46.1 Å². The van der Waals surface area contributed by atoms with Crippen molar-refractivity contribution in [3.63, 3.8) is 0 Å². The van der Waals surface area contributed by atoms with Crippen LogP contribution in [-0.2, 0) is 16.0 Å². The number of aliphatic imine (C=N–C) groups is 1. The van der Waals surface area contributed by atoms with E-state index in [1.807, 2.05) is 6.92 Å². The van der Waals surface area contributed by atoms with Gasteiger partial charge in [-0.2, -0.15) is 0 Å². The molecule has 3 rings (SSSR count). The van der Waals surface area contributed by atoms with Gasteiger partial charge in [-0.1, -0.05) is 0 Å². The van der Waals surface area contributed by atoms with Crippen molar-refractivity contribution in [2.75, 3.05) is 32.8 Å². The van der Waals surface area contributed by atoms with Crippen LogP contribution in [-0.4, -0.2) is 55.9 Å². The van der Waals surface area contributed by atoms with Gasteiger partial charge in [-0.05, 0) is 38.0 Å². The molecule has 2 aliphatic heterocycles. The van der Waals surface area contributed by atoms with Gasteiger partial charge in [-0.25, -0.2) is 13.8 Å². The van der Waals surface area contributed by atoms with E-state index in [-0.39, 0.29) is 24.3 Å². The summed E-state index contributed by atoms with van der Waals surface area (Å²) in [6, 6.07) is 3.44.